The van der Waals surface area contributed by atoms with Gasteiger partial charge >= 0.3 is 5.97 Å². The molecule has 0 bridgehead atoms. The SMILES string of the molecule is COC(=O)c1ccc(Cn2cc(-c3nccc4ccccc34)nn2)cc1. The Balaban J connectivity index is 1.59. The van der Waals surface area contributed by atoms with Crippen LogP contribution in [0.15, 0.2) is 67.0 Å². The van der Waals surface area contributed by atoms with E-state index in [0.29, 0.717) is 12.1 Å². The third-order valence-corrected chi connectivity index (χ3v) is 4.17. The second kappa shape index (κ2) is 6.76. The van der Waals surface area contributed by atoms with Crippen LogP contribution in [0.25, 0.3) is 22.2 Å². The molecule has 0 N–H and O–H groups in total. The van der Waals surface area contributed by atoms with E-state index in [2.05, 4.69) is 15.3 Å². The number of methoxy groups -OCH3 is 1. The molecule has 26 heavy (non-hydrogen) atoms. The molecular weight excluding hydrogens is 328 g/mol. The summed E-state index contributed by atoms with van der Waals surface area (Å²) in [6.07, 6.45) is 3.66. The molecule has 4 aromatic rings. The van der Waals surface area contributed by atoms with Gasteiger partial charge in [-0.3, -0.25) is 4.98 Å². The zero-order chi connectivity index (χ0) is 17.9. The summed E-state index contributed by atoms with van der Waals surface area (Å²) >= 11 is 0. The smallest absolute Gasteiger partial charge is 0.337 e. The van der Waals surface area contributed by atoms with Crippen LogP contribution in [-0.2, 0) is 11.3 Å². The minimum Gasteiger partial charge on any atom is -0.465 e. The summed E-state index contributed by atoms with van der Waals surface area (Å²) in [7, 11) is 1.37. The van der Waals surface area contributed by atoms with Gasteiger partial charge in [-0.05, 0) is 29.1 Å². The molecule has 4 rings (SSSR count). The van der Waals surface area contributed by atoms with Gasteiger partial charge in [0.25, 0.3) is 0 Å². The molecule has 0 saturated carbocycles. The van der Waals surface area contributed by atoms with Gasteiger partial charge < -0.3 is 4.74 Å². The Hall–Kier alpha value is -3.54. The minimum atomic E-state index is -0.346. The van der Waals surface area contributed by atoms with Gasteiger partial charge in [0.2, 0.25) is 0 Å². The lowest BCUT2D eigenvalue weighted by molar-refractivity contribution is 0.0600. The number of pyridine rings is 1. The molecule has 6 nitrogen and oxygen atoms in total. The Morgan fingerprint density at radius 1 is 1.08 bits per heavy atom. The van der Waals surface area contributed by atoms with Gasteiger partial charge in [0.05, 0.1) is 31.1 Å². The third kappa shape index (κ3) is 3.04. The number of rotatable bonds is 4. The molecule has 0 aliphatic heterocycles. The van der Waals surface area contributed by atoms with E-state index in [1.807, 2.05) is 48.7 Å². The number of ether oxygens (including phenoxy) is 1. The van der Waals surface area contributed by atoms with Crippen LogP contribution in [-0.4, -0.2) is 33.1 Å². The van der Waals surface area contributed by atoms with Gasteiger partial charge in [-0.2, -0.15) is 0 Å². The minimum absolute atomic E-state index is 0.346. The van der Waals surface area contributed by atoms with E-state index in [0.717, 1.165) is 27.7 Å². The van der Waals surface area contributed by atoms with E-state index in [-0.39, 0.29) is 5.97 Å². The van der Waals surface area contributed by atoms with Gasteiger partial charge in [-0.15, -0.1) is 5.10 Å². The van der Waals surface area contributed by atoms with E-state index in [1.54, 1.807) is 23.0 Å². The first-order chi connectivity index (χ1) is 12.7. The summed E-state index contributed by atoms with van der Waals surface area (Å²) in [5.74, 6) is -0.346. The number of esters is 1. The largest absolute Gasteiger partial charge is 0.465 e. The van der Waals surface area contributed by atoms with Crippen molar-refractivity contribution in [3.05, 3.63) is 78.1 Å². The lowest BCUT2D eigenvalue weighted by Gasteiger charge is -2.03. The van der Waals surface area contributed by atoms with Gasteiger partial charge in [-0.25, -0.2) is 9.48 Å². The van der Waals surface area contributed by atoms with Crippen molar-refractivity contribution in [1.82, 2.24) is 20.0 Å². The van der Waals surface area contributed by atoms with Crippen LogP contribution in [0.5, 0.6) is 0 Å². The first-order valence-corrected chi connectivity index (χ1v) is 8.16. The second-order valence-corrected chi connectivity index (χ2v) is 5.87. The topological polar surface area (TPSA) is 69.9 Å². The number of benzene rings is 2. The third-order valence-electron chi connectivity index (χ3n) is 4.17. The number of carbonyl (C=O) groups excluding carboxylic acids is 1. The molecule has 2 heterocycles. The van der Waals surface area contributed by atoms with Crippen LogP contribution in [0.3, 0.4) is 0 Å². The van der Waals surface area contributed by atoms with Crippen molar-refractivity contribution >= 4 is 16.7 Å². The molecule has 2 aromatic heterocycles. The summed E-state index contributed by atoms with van der Waals surface area (Å²) < 4.78 is 6.46. The predicted molar refractivity (Wildman–Crippen MR) is 97.6 cm³/mol. The second-order valence-electron chi connectivity index (χ2n) is 5.87. The number of nitrogens with zero attached hydrogens (tertiary/aromatic N) is 4. The number of aromatic nitrogens is 4. The number of hydrogen-bond donors (Lipinski definition) is 0. The van der Waals surface area contributed by atoms with E-state index in [4.69, 9.17) is 4.74 Å². The summed E-state index contributed by atoms with van der Waals surface area (Å²) in [4.78, 5) is 16.0. The van der Waals surface area contributed by atoms with Crippen LogP contribution < -0.4 is 0 Å². The fourth-order valence-corrected chi connectivity index (χ4v) is 2.86. The van der Waals surface area contributed by atoms with Gasteiger partial charge in [0, 0.05) is 11.6 Å². The molecule has 0 unspecified atom stereocenters. The average molecular weight is 344 g/mol. The molecule has 128 valence electrons. The van der Waals surface area contributed by atoms with Crippen LogP contribution in [0.4, 0.5) is 0 Å². The average Bonchev–Trinajstić information content (AvgIpc) is 3.15. The normalized spacial score (nSPS) is 10.8. The van der Waals surface area contributed by atoms with E-state index >= 15 is 0 Å². The van der Waals surface area contributed by atoms with Crippen LogP contribution in [0.2, 0.25) is 0 Å². The fourth-order valence-electron chi connectivity index (χ4n) is 2.86. The number of hydrogen-bond acceptors (Lipinski definition) is 5. The van der Waals surface area contributed by atoms with E-state index in [9.17, 15) is 4.79 Å². The Kier molecular flexibility index (Phi) is 4.15. The van der Waals surface area contributed by atoms with Crippen LogP contribution in [0, 0.1) is 0 Å². The highest BCUT2D eigenvalue weighted by atomic mass is 16.5. The lowest BCUT2D eigenvalue weighted by Crippen LogP contribution is -2.03. The zero-order valence-corrected chi connectivity index (χ0v) is 14.2. The molecule has 6 heteroatoms. The quantitative estimate of drug-likeness (QED) is 0.531. The lowest BCUT2D eigenvalue weighted by atomic mass is 10.1. The van der Waals surface area contributed by atoms with E-state index < -0.39 is 0 Å². The number of fused-ring (bicyclic) bond motifs is 1. The fraction of sp³-hybridized carbons (Fsp3) is 0.100. The maximum atomic E-state index is 11.5. The number of carbonyl (C=O) groups is 1. The summed E-state index contributed by atoms with van der Waals surface area (Å²) in [6.45, 7) is 0.555. The molecule has 0 spiro atoms. The van der Waals surface area contributed by atoms with Crippen molar-refractivity contribution in [3.63, 3.8) is 0 Å². The summed E-state index contributed by atoms with van der Waals surface area (Å²) in [5.41, 5.74) is 3.08. The first-order valence-electron chi connectivity index (χ1n) is 8.16. The predicted octanol–water partition coefficient (Wildman–Crippen LogP) is 3.33. The van der Waals surface area contributed by atoms with Gasteiger partial charge in [0.1, 0.15) is 5.69 Å². The summed E-state index contributed by atoms with van der Waals surface area (Å²) in [6, 6.07) is 17.3. The highest BCUT2D eigenvalue weighted by Crippen LogP contribution is 2.24. The molecule has 0 saturated heterocycles. The van der Waals surface area contributed by atoms with Crippen molar-refractivity contribution < 1.29 is 9.53 Å². The zero-order valence-electron chi connectivity index (χ0n) is 14.2. The molecule has 0 amide bonds. The Bertz CT molecular complexity index is 1070. The van der Waals surface area contributed by atoms with Gasteiger partial charge in [-0.1, -0.05) is 41.6 Å². The summed E-state index contributed by atoms with van der Waals surface area (Å²) in [5, 5.41) is 10.6. The maximum absolute atomic E-state index is 11.5. The molecule has 0 aliphatic carbocycles. The molecule has 0 aliphatic rings. The highest BCUT2D eigenvalue weighted by molar-refractivity contribution is 5.93. The van der Waals surface area contributed by atoms with Crippen molar-refractivity contribution in [2.75, 3.05) is 7.11 Å². The Morgan fingerprint density at radius 3 is 2.69 bits per heavy atom. The van der Waals surface area contributed by atoms with Crippen molar-refractivity contribution in [2.24, 2.45) is 0 Å². The Morgan fingerprint density at radius 2 is 1.88 bits per heavy atom. The highest BCUT2D eigenvalue weighted by Gasteiger charge is 2.10. The van der Waals surface area contributed by atoms with Crippen LogP contribution >= 0.6 is 0 Å². The molecule has 0 radical (unpaired) electrons. The molecule has 2 aromatic carbocycles. The Labute approximate surface area is 150 Å². The standard InChI is InChI=1S/C20H16N4O2/c1-26-20(25)16-8-6-14(7-9-16)12-24-13-18(22-23-24)19-17-5-3-2-4-15(17)10-11-21-19/h2-11,13H,12H2,1H3. The first kappa shape index (κ1) is 16.0. The monoisotopic (exact) mass is 344 g/mol. The molecule has 0 fully saturated rings. The van der Waals surface area contributed by atoms with Crippen molar-refractivity contribution in [3.8, 4) is 11.4 Å². The molecule has 0 atom stereocenters. The molecular formula is C20H16N4O2. The van der Waals surface area contributed by atoms with E-state index in [1.165, 1.54) is 7.11 Å². The van der Waals surface area contributed by atoms with Gasteiger partial charge in [0.15, 0.2) is 0 Å². The van der Waals surface area contributed by atoms with Crippen LogP contribution in [0.1, 0.15) is 15.9 Å². The van der Waals surface area contributed by atoms with Crippen molar-refractivity contribution in [2.45, 2.75) is 6.54 Å². The van der Waals surface area contributed by atoms with Crippen molar-refractivity contribution in [1.29, 1.82) is 0 Å². The maximum Gasteiger partial charge on any atom is 0.337 e.